The molecule has 2 heterocycles. The summed E-state index contributed by atoms with van der Waals surface area (Å²) < 4.78 is 20.3. The third kappa shape index (κ3) is 4.41. The number of amides is 1. The maximum Gasteiger partial charge on any atom is 0.262 e. The van der Waals surface area contributed by atoms with Crippen molar-refractivity contribution in [3.05, 3.63) is 59.2 Å². The topological polar surface area (TPSA) is 70.7 Å². The highest BCUT2D eigenvalue weighted by Crippen LogP contribution is 2.44. The Morgan fingerprint density at radius 1 is 1.16 bits per heavy atom. The van der Waals surface area contributed by atoms with Crippen LogP contribution in [0.5, 0.6) is 0 Å². The van der Waals surface area contributed by atoms with Crippen LogP contribution < -0.4 is 14.9 Å². The fourth-order valence-electron chi connectivity index (χ4n) is 4.71. The molecule has 6 nitrogen and oxygen atoms in total. The van der Waals surface area contributed by atoms with Crippen LogP contribution in [0.25, 0.3) is 0 Å². The summed E-state index contributed by atoms with van der Waals surface area (Å²) in [4.78, 5) is 15.0. The minimum atomic E-state index is -1.27. The van der Waals surface area contributed by atoms with E-state index < -0.39 is 11.0 Å². The molecule has 2 aliphatic heterocycles. The van der Waals surface area contributed by atoms with Crippen LogP contribution in [0.3, 0.4) is 0 Å². The quantitative estimate of drug-likeness (QED) is 0.718. The fourth-order valence-corrected chi connectivity index (χ4v) is 5.74. The first-order valence-electron chi connectivity index (χ1n) is 11.5. The number of nitrogens with zero attached hydrogens (tertiary/aromatic N) is 1. The molecule has 0 radical (unpaired) electrons. The maximum atomic E-state index is 12.6. The van der Waals surface area contributed by atoms with Crippen molar-refractivity contribution in [2.75, 3.05) is 36.5 Å². The van der Waals surface area contributed by atoms with Crippen LogP contribution in [0.4, 0.5) is 11.4 Å². The van der Waals surface area contributed by atoms with E-state index in [0.29, 0.717) is 5.56 Å². The average molecular weight is 454 g/mol. The molecule has 2 aromatic rings. The standard InChI is InChI=1S/C25H31N3O3S/c1-25(2)16-23(17-4-3-5-19(14-17)28-10-12-31-13-11-28)26-22-9-6-18(15-21(22)25)24(29)27-32(30)20-7-8-20/h3-6,9,14-15,20,23,26H,7-8,10-13,16H2,1-2H3,(H,27,29). The number of nitrogens with one attached hydrogen (secondary N) is 2. The summed E-state index contributed by atoms with van der Waals surface area (Å²) in [7, 11) is -1.27. The van der Waals surface area contributed by atoms with Gasteiger partial charge in [-0.05, 0) is 66.1 Å². The van der Waals surface area contributed by atoms with Crippen LogP contribution in [-0.4, -0.2) is 41.7 Å². The molecule has 32 heavy (non-hydrogen) atoms. The van der Waals surface area contributed by atoms with Gasteiger partial charge in [-0.3, -0.25) is 9.52 Å². The first-order valence-corrected chi connectivity index (χ1v) is 12.7. The Balaban J connectivity index is 1.36. The van der Waals surface area contributed by atoms with Gasteiger partial charge in [-0.25, -0.2) is 4.21 Å². The number of benzene rings is 2. The second-order valence-corrected chi connectivity index (χ2v) is 11.1. The number of carbonyl (C=O) groups is 1. The van der Waals surface area contributed by atoms with Crippen molar-refractivity contribution in [2.45, 2.75) is 49.8 Å². The summed E-state index contributed by atoms with van der Waals surface area (Å²) in [6.07, 6.45) is 2.79. The van der Waals surface area contributed by atoms with E-state index in [1.807, 2.05) is 18.2 Å². The lowest BCUT2D eigenvalue weighted by Gasteiger charge is -2.39. The van der Waals surface area contributed by atoms with Crippen LogP contribution in [0, 0.1) is 0 Å². The van der Waals surface area contributed by atoms with Gasteiger partial charge in [0, 0.05) is 30.0 Å². The molecule has 3 aliphatic rings. The van der Waals surface area contributed by atoms with Gasteiger partial charge in [0.2, 0.25) is 0 Å². The number of fused-ring (bicyclic) bond motifs is 1. The first-order chi connectivity index (χ1) is 15.4. The molecule has 1 saturated heterocycles. The Morgan fingerprint density at radius 2 is 1.94 bits per heavy atom. The second-order valence-electron chi connectivity index (χ2n) is 9.67. The van der Waals surface area contributed by atoms with Crippen LogP contribution in [0.2, 0.25) is 0 Å². The van der Waals surface area contributed by atoms with Gasteiger partial charge in [0.05, 0.1) is 24.5 Å². The molecule has 0 aromatic heterocycles. The van der Waals surface area contributed by atoms with Crippen molar-refractivity contribution in [1.82, 2.24) is 4.72 Å². The van der Waals surface area contributed by atoms with Crippen LogP contribution >= 0.6 is 0 Å². The van der Waals surface area contributed by atoms with Crippen molar-refractivity contribution in [3.63, 3.8) is 0 Å². The Kier molecular flexibility index (Phi) is 5.72. The summed E-state index contributed by atoms with van der Waals surface area (Å²) >= 11 is 0. The summed E-state index contributed by atoms with van der Waals surface area (Å²) in [5.74, 6) is -0.255. The second kappa shape index (κ2) is 8.52. The largest absolute Gasteiger partial charge is 0.378 e. The van der Waals surface area contributed by atoms with Crippen molar-refractivity contribution >= 4 is 28.3 Å². The van der Waals surface area contributed by atoms with Crippen LogP contribution in [0.15, 0.2) is 42.5 Å². The zero-order chi connectivity index (χ0) is 22.3. The average Bonchev–Trinajstić information content (AvgIpc) is 3.65. The molecule has 1 amide bonds. The highest BCUT2D eigenvalue weighted by atomic mass is 32.2. The number of hydrogen-bond donors (Lipinski definition) is 2. The van der Waals surface area contributed by atoms with Gasteiger partial charge in [0.25, 0.3) is 5.91 Å². The lowest BCUT2D eigenvalue weighted by atomic mass is 9.73. The van der Waals surface area contributed by atoms with Gasteiger partial charge in [-0.2, -0.15) is 0 Å². The van der Waals surface area contributed by atoms with E-state index in [-0.39, 0.29) is 22.6 Å². The third-order valence-corrected chi connectivity index (χ3v) is 8.19. The van der Waals surface area contributed by atoms with E-state index in [2.05, 4.69) is 53.1 Å². The maximum absolute atomic E-state index is 12.6. The Labute approximate surface area is 192 Å². The van der Waals surface area contributed by atoms with Gasteiger partial charge >= 0.3 is 0 Å². The molecule has 2 atom stereocenters. The molecule has 5 rings (SSSR count). The number of ether oxygens (including phenoxy) is 1. The highest BCUT2D eigenvalue weighted by Gasteiger charge is 2.35. The molecular formula is C25H31N3O3S. The van der Waals surface area contributed by atoms with Crippen molar-refractivity contribution in [2.24, 2.45) is 0 Å². The lowest BCUT2D eigenvalue weighted by Crippen LogP contribution is -2.36. The van der Waals surface area contributed by atoms with E-state index in [1.54, 1.807) is 0 Å². The monoisotopic (exact) mass is 453 g/mol. The molecule has 2 N–H and O–H groups in total. The molecule has 2 aromatic carbocycles. The molecule has 2 unspecified atom stereocenters. The Morgan fingerprint density at radius 3 is 2.69 bits per heavy atom. The zero-order valence-electron chi connectivity index (χ0n) is 18.7. The lowest BCUT2D eigenvalue weighted by molar-refractivity contribution is 0.0982. The van der Waals surface area contributed by atoms with Crippen LogP contribution in [-0.2, 0) is 21.1 Å². The van der Waals surface area contributed by atoms with Crippen molar-refractivity contribution in [3.8, 4) is 0 Å². The van der Waals surface area contributed by atoms with Crippen molar-refractivity contribution < 1.29 is 13.7 Å². The number of carbonyl (C=O) groups excluding carboxylic acids is 1. The molecule has 0 spiro atoms. The normalized spacial score (nSPS) is 23.1. The summed E-state index contributed by atoms with van der Waals surface area (Å²) in [5.41, 5.74) is 5.17. The molecule has 1 saturated carbocycles. The molecule has 170 valence electrons. The molecule has 0 bridgehead atoms. The van der Waals surface area contributed by atoms with Gasteiger partial charge < -0.3 is 15.0 Å². The third-order valence-electron chi connectivity index (χ3n) is 6.72. The molecule has 1 aliphatic carbocycles. The summed E-state index contributed by atoms with van der Waals surface area (Å²) in [6, 6.07) is 14.8. The van der Waals surface area contributed by atoms with Gasteiger partial charge in [0.15, 0.2) is 0 Å². The molecular weight excluding hydrogens is 422 g/mol. The van der Waals surface area contributed by atoms with Gasteiger partial charge in [-0.15, -0.1) is 0 Å². The van der Waals surface area contributed by atoms with Crippen molar-refractivity contribution in [1.29, 1.82) is 0 Å². The Bertz CT molecular complexity index is 1040. The predicted molar refractivity (Wildman–Crippen MR) is 129 cm³/mol. The summed E-state index contributed by atoms with van der Waals surface area (Å²) in [5, 5.41) is 3.83. The van der Waals surface area contributed by atoms with Gasteiger partial charge in [-0.1, -0.05) is 26.0 Å². The smallest absolute Gasteiger partial charge is 0.262 e. The number of morpholine rings is 1. The highest BCUT2D eigenvalue weighted by molar-refractivity contribution is 7.84. The predicted octanol–water partition coefficient (Wildman–Crippen LogP) is 3.91. The number of rotatable bonds is 5. The first kappa shape index (κ1) is 21.5. The number of anilines is 2. The zero-order valence-corrected chi connectivity index (χ0v) is 19.5. The van der Waals surface area contributed by atoms with E-state index in [0.717, 1.165) is 56.8 Å². The SMILES string of the molecule is CC1(C)CC(c2cccc(N3CCOCC3)c2)Nc2ccc(C(=O)NS(=O)C3CC3)cc21. The Hall–Kier alpha value is -2.38. The van der Waals surface area contributed by atoms with E-state index >= 15 is 0 Å². The fraction of sp³-hybridized carbons (Fsp3) is 0.480. The summed E-state index contributed by atoms with van der Waals surface area (Å²) in [6.45, 7) is 7.86. The van der Waals surface area contributed by atoms with Gasteiger partial charge in [0.1, 0.15) is 11.0 Å². The van der Waals surface area contributed by atoms with E-state index in [9.17, 15) is 9.00 Å². The number of hydrogen-bond acceptors (Lipinski definition) is 5. The van der Waals surface area contributed by atoms with E-state index in [4.69, 9.17) is 4.74 Å². The minimum Gasteiger partial charge on any atom is -0.378 e. The van der Waals surface area contributed by atoms with E-state index in [1.165, 1.54) is 11.3 Å². The molecule has 7 heteroatoms. The van der Waals surface area contributed by atoms with Crippen LogP contribution in [0.1, 0.15) is 60.6 Å². The molecule has 2 fully saturated rings. The minimum absolute atomic E-state index is 0.105.